The Balaban J connectivity index is 2.97. The van der Waals surface area contributed by atoms with Gasteiger partial charge in [0.05, 0.1) is 6.07 Å². The van der Waals surface area contributed by atoms with E-state index in [1.807, 2.05) is 6.07 Å². The summed E-state index contributed by atoms with van der Waals surface area (Å²) in [4.78, 5) is 11.9. The van der Waals surface area contributed by atoms with Crippen LogP contribution in [0, 0.1) is 29.5 Å². The first-order valence-electron chi connectivity index (χ1n) is 5.42. The Labute approximate surface area is 100 Å². The summed E-state index contributed by atoms with van der Waals surface area (Å²) in [7, 11) is 0. The van der Waals surface area contributed by atoms with E-state index in [9.17, 15) is 9.18 Å². The van der Waals surface area contributed by atoms with Crippen LogP contribution >= 0.6 is 0 Å². The molecule has 1 rings (SSSR count). The number of nitrogens with zero attached hydrogens (tertiary/aromatic N) is 1. The number of amides is 1. The molecule has 90 valence electrons. The molecule has 0 aliphatic rings. The van der Waals surface area contributed by atoms with Gasteiger partial charge in [0.25, 0.3) is 0 Å². The van der Waals surface area contributed by atoms with Gasteiger partial charge in [0, 0.05) is 11.3 Å². The van der Waals surface area contributed by atoms with Crippen LogP contribution in [0.2, 0.25) is 0 Å². The monoisotopic (exact) mass is 234 g/mol. The van der Waals surface area contributed by atoms with Crippen molar-refractivity contribution in [1.29, 1.82) is 5.26 Å². The Morgan fingerprint density at radius 3 is 2.76 bits per heavy atom. The minimum atomic E-state index is -1.08. The van der Waals surface area contributed by atoms with Gasteiger partial charge in [-0.2, -0.15) is 5.26 Å². The van der Waals surface area contributed by atoms with Gasteiger partial charge < -0.3 is 5.32 Å². The van der Waals surface area contributed by atoms with E-state index in [0.29, 0.717) is 17.7 Å². The topological polar surface area (TPSA) is 52.9 Å². The van der Waals surface area contributed by atoms with E-state index >= 15 is 0 Å². The van der Waals surface area contributed by atoms with Gasteiger partial charge in [-0.15, -0.1) is 0 Å². The predicted octanol–water partition coefficient (Wildman–Crippen LogP) is 3.01. The number of carbonyl (C=O) groups excluding carboxylic acids is 1. The average Bonchev–Trinajstić information content (AvgIpc) is 2.33. The summed E-state index contributed by atoms with van der Waals surface area (Å²) in [6.45, 7) is 4.92. The van der Waals surface area contributed by atoms with Crippen molar-refractivity contribution in [3.63, 3.8) is 0 Å². The molecule has 1 atom stereocenters. The molecule has 0 aromatic heterocycles. The van der Waals surface area contributed by atoms with Crippen LogP contribution in [-0.2, 0) is 4.79 Å². The van der Waals surface area contributed by atoms with E-state index in [-0.39, 0.29) is 5.82 Å². The van der Waals surface area contributed by atoms with Crippen molar-refractivity contribution in [1.82, 2.24) is 0 Å². The fourth-order valence-corrected chi connectivity index (χ4v) is 1.29. The SMILES string of the molecule is CCC(C)(C#N)C(=O)Nc1cccc(F)c1C. The molecule has 0 heterocycles. The second kappa shape index (κ2) is 4.96. The fraction of sp³-hybridized carbons (Fsp3) is 0.385. The van der Waals surface area contributed by atoms with Gasteiger partial charge in [-0.25, -0.2) is 4.39 Å². The summed E-state index contributed by atoms with van der Waals surface area (Å²) in [5.74, 6) is -0.783. The van der Waals surface area contributed by atoms with E-state index in [2.05, 4.69) is 5.32 Å². The Morgan fingerprint density at radius 2 is 2.24 bits per heavy atom. The number of benzene rings is 1. The zero-order chi connectivity index (χ0) is 13.1. The fourth-order valence-electron chi connectivity index (χ4n) is 1.29. The van der Waals surface area contributed by atoms with Crippen LogP contribution in [0.3, 0.4) is 0 Å². The lowest BCUT2D eigenvalue weighted by molar-refractivity contribution is -0.122. The first-order valence-corrected chi connectivity index (χ1v) is 5.42. The van der Waals surface area contributed by atoms with E-state index < -0.39 is 11.3 Å². The van der Waals surface area contributed by atoms with Crippen LogP contribution in [0.4, 0.5) is 10.1 Å². The van der Waals surface area contributed by atoms with Gasteiger partial charge >= 0.3 is 0 Å². The van der Waals surface area contributed by atoms with Gasteiger partial charge in [0.2, 0.25) is 5.91 Å². The number of anilines is 1. The zero-order valence-electron chi connectivity index (χ0n) is 10.2. The number of nitriles is 1. The Bertz CT molecular complexity index is 479. The lowest BCUT2D eigenvalue weighted by atomic mass is 9.88. The van der Waals surface area contributed by atoms with Crippen LogP contribution in [0.15, 0.2) is 18.2 Å². The highest BCUT2D eigenvalue weighted by Crippen LogP contribution is 2.24. The molecule has 0 aliphatic heterocycles. The van der Waals surface area contributed by atoms with E-state index in [1.54, 1.807) is 26.8 Å². The maximum absolute atomic E-state index is 13.3. The van der Waals surface area contributed by atoms with Crippen LogP contribution in [0.25, 0.3) is 0 Å². The molecule has 1 N–H and O–H groups in total. The van der Waals surface area contributed by atoms with Crippen LogP contribution < -0.4 is 5.32 Å². The summed E-state index contributed by atoms with van der Waals surface area (Å²) in [6, 6.07) is 6.44. The minimum absolute atomic E-state index is 0.372. The first kappa shape index (κ1) is 13.2. The molecule has 1 unspecified atom stereocenters. The molecule has 0 aliphatic carbocycles. The number of nitrogens with one attached hydrogen (secondary N) is 1. The summed E-state index contributed by atoms with van der Waals surface area (Å²) in [5.41, 5.74) is -0.305. The quantitative estimate of drug-likeness (QED) is 0.874. The Kier molecular flexibility index (Phi) is 3.84. The largest absolute Gasteiger partial charge is 0.324 e. The maximum Gasteiger partial charge on any atom is 0.244 e. The summed E-state index contributed by atoms with van der Waals surface area (Å²) in [6.07, 6.45) is 0.406. The number of hydrogen-bond donors (Lipinski definition) is 1. The Morgan fingerprint density at radius 1 is 1.59 bits per heavy atom. The number of rotatable bonds is 3. The normalized spacial score (nSPS) is 13.6. The number of halogens is 1. The van der Waals surface area contributed by atoms with Crippen molar-refractivity contribution in [2.45, 2.75) is 27.2 Å². The molecule has 1 amide bonds. The van der Waals surface area contributed by atoms with Crippen LogP contribution in [0.1, 0.15) is 25.8 Å². The van der Waals surface area contributed by atoms with Crippen molar-refractivity contribution in [2.24, 2.45) is 5.41 Å². The first-order chi connectivity index (χ1) is 7.94. The third-order valence-electron chi connectivity index (χ3n) is 2.97. The van der Waals surface area contributed by atoms with Gasteiger partial charge in [-0.05, 0) is 32.4 Å². The smallest absolute Gasteiger partial charge is 0.244 e. The second-order valence-corrected chi connectivity index (χ2v) is 4.16. The maximum atomic E-state index is 13.3. The second-order valence-electron chi connectivity index (χ2n) is 4.16. The molecule has 0 spiro atoms. The Hall–Kier alpha value is -1.89. The van der Waals surface area contributed by atoms with Crippen molar-refractivity contribution >= 4 is 11.6 Å². The highest BCUT2D eigenvalue weighted by atomic mass is 19.1. The number of carbonyl (C=O) groups is 1. The van der Waals surface area contributed by atoms with Crippen LogP contribution in [-0.4, -0.2) is 5.91 Å². The molecule has 0 radical (unpaired) electrons. The lowest BCUT2D eigenvalue weighted by Gasteiger charge is -2.19. The lowest BCUT2D eigenvalue weighted by Crippen LogP contribution is -2.31. The molecule has 4 heteroatoms. The molecule has 1 aromatic rings. The van der Waals surface area contributed by atoms with E-state index in [0.717, 1.165) is 0 Å². The molecule has 1 aromatic carbocycles. The van der Waals surface area contributed by atoms with Crippen molar-refractivity contribution in [2.75, 3.05) is 5.32 Å². The average molecular weight is 234 g/mol. The van der Waals surface area contributed by atoms with Crippen molar-refractivity contribution in [3.05, 3.63) is 29.6 Å². The standard InChI is InChI=1S/C13H15FN2O/c1-4-13(3,8-15)12(17)16-11-7-5-6-10(14)9(11)2/h5-7H,4H2,1-3H3,(H,16,17). The summed E-state index contributed by atoms with van der Waals surface area (Å²) < 4.78 is 13.3. The van der Waals surface area contributed by atoms with Gasteiger partial charge in [0.15, 0.2) is 0 Å². The minimum Gasteiger partial charge on any atom is -0.324 e. The molecule has 0 fully saturated rings. The molecule has 0 saturated carbocycles. The van der Waals surface area contributed by atoms with Gasteiger partial charge in [-0.1, -0.05) is 13.0 Å². The predicted molar refractivity (Wildman–Crippen MR) is 63.8 cm³/mol. The van der Waals surface area contributed by atoms with E-state index in [4.69, 9.17) is 5.26 Å². The van der Waals surface area contributed by atoms with E-state index in [1.165, 1.54) is 12.1 Å². The molecule has 0 bridgehead atoms. The highest BCUT2D eigenvalue weighted by molar-refractivity contribution is 5.97. The third kappa shape index (κ3) is 2.62. The summed E-state index contributed by atoms with van der Waals surface area (Å²) >= 11 is 0. The molecule has 3 nitrogen and oxygen atoms in total. The molecule has 17 heavy (non-hydrogen) atoms. The molecule has 0 saturated heterocycles. The highest BCUT2D eigenvalue weighted by Gasteiger charge is 2.31. The summed E-state index contributed by atoms with van der Waals surface area (Å²) in [5, 5.41) is 11.6. The van der Waals surface area contributed by atoms with Crippen molar-refractivity contribution < 1.29 is 9.18 Å². The van der Waals surface area contributed by atoms with Gasteiger partial charge in [0.1, 0.15) is 11.2 Å². The zero-order valence-corrected chi connectivity index (χ0v) is 10.2. The molecular weight excluding hydrogens is 219 g/mol. The number of hydrogen-bond acceptors (Lipinski definition) is 2. The van der Waals surface area contributed by atoms with Crippen molar-refractivity contribution in [3.8, 4) is 6.07 Å². The van der Waals surface area contributed by atoms with Gasteiger partial charge in [-0.3, -0.25) is 4.79 Å². The molecular formula is C13H15FN2O. The van der Waals surface area contributed by atoms with Crippen LogP contribution in [0.5, 0.6) is 0 Å². The third-order valence-corrected chi connectivity index (χ3v) is 2.97.